The van der Waals surface area contributed by atoms with Crippen LogP contribution in [0, 0.1) is 11.8 Å². The lowest BCUT2D eigenvalue weighted by Gasteiger charge is -2.18. The zero-order chi connectivity index (χ0) is 19.6. The average molecular weight is 356 g/mol. The van der Waals surface area contributed by atoms with Gasteiger partial charge in [-0.3, -0.25) is 9.59 Å². The van der Waals surface area contributed by atoms with Crippen molar-refractivity contribution in [3.63, 3.8) is 0 Å². The van der Waals surface area contributed by atoms with E-state index in [9.17, 15) is 14.4 Å². The number of aryl methyl sites for hydroxylation is 1. The summed E-state index contributed by atoms with van der Waals surface area (Å²) in [6.45, 7) is 8.83. The molecule has 0 unspecified atom stereocenters. The van der Waals surface area contributed by atoms with Gasteiger partial charge in [0.15, 0.2) is 0 Å². The van der Waals surface area contributed by atoms with Gasteiger partial charge in [0.25, 0.3) is 5.56 Å². The molecular formula is C20H24N2O4. The third-order valence-corrected chi connectivity index (χ3v) is 4.07. The van der Waals surface area contributed by atoms with Crippen molar-refractivity contribution in [3.8, 4) is 11.8 Å². The topological polar surface area (TPSA) is 77.4 Å². The molecule has 6 heteroatoms. The Hall–Kier alpha value is -2.81. The molecule has 1 amide bonds. The smallest absolute Gasteiger partial charge is 0.338 e. The normalized spacial score (nSPS) is 13.0. The third-order valence-electron chi connectivity index (χ3n) is 4.07. The van der Waals surface area contributed by atoms with Crippen LogP contribution in [-0.2, 0) is 27.8 Å². The maximum absolute atomic E-state index is 12.5. The van der Waals surface area contributed by atoms with E-state index in [1.54, 1.807) is 34.0 Å². The van der Waals surface area contributed by atoms with Gasteiger partial charge in [-0.25, -0.2) is 4.79 Å². The van der Waals surface area contributed by atoms with Crippen molar-refractivity contribution in [1.29, 1.82) is 0 Å². The Kier molecular flexibility index (Phi) is 5.41. The number of rotatable bonds is 3. The Balaban J connectivity index is 2.63. The van der Waals surface area contributed by atoms with Crippen molar-refractivity contribution in [3.05, 3.63) is 38.8 Å². The summed E-state index contributed by atoms with van der Waals surface area (Å²) in [5.41, 5.74) is 2.00. The molecule has 1 aliphatic carbocycles. The van der Waals surface area contributed by atoms with Gasteiger partial charge in [0.1, 0.15) is 0 Å². The Labute approximate surface area is 153 Å². The zero-order valence-electron chi connectivity index (χ0n) is 16.1. The first-order valence-corrected chi connectivity index (χ1v) is 8.49. The van der Waals surface area contributed by atoms with Gasteiger partial charge in [0.2, 0.25) is 5.91 Å². The van der Waals surface area contributed by atoms with Gasteiger partial charge in [-0.05, 0) is 27.7 Å². The quantitative estimate of drug-likeness (QED) is 0.658. The van der Waals surface area contributed by atoms with Crippen LogP contribution >= 0.6 is 0 Å². The fraction of sp³-hybridized carbons (Fsp3) is 0.450. The van der Waals surface area contributed by atoms with Crippen molar-refractivity contribution in [1.82, 2.24) is 9.88 Å². The molecule has 0 aliphatic heterocycles. The van der Waals surface area contributed by atoms with E-state index >= 15 is 0 Å². The molecule has 0 fully saturated rings. The van der Waals surface area contributed by atoms with Gasteiger partial charge >= 0.3 is 5.97 Å². The monoisotopic (exact) mass is 356 g/mol. The molecule has 2 rings (SSSR count). The van der Waals surface area contributed by atoms with E-state index in [4.69, 9.17) is 4.74 Å². The molecule has 0 saturated carbocycles. The molecule has 0 bridgehead atoms. The molecule has 1 aliphatic rings. The summed E-state index contributed by atoms with van der Waals surface area (Å²) in [5.74, 6) is 5.43. The molecule has 0 saturated heterocycles. The molecule has 0 radical (unpaired) electrons. The SMILES string of the molecule is CCOC(=O)C1=C(C)Cc2c1c(C#CC(C)(C)NC(C)=O)cn(C)c2=O. The molecule has 1 N–H and O–H groups in total. The second kappa shape index (κ2) is 7.20. The molecule has 0 spiro atoms. The number of nitrogens with one attached hydrogen (secondary N) is 1. The fourth-order valence-corrected chi connectivity index (χ4v) is 3.08. The van der Waals surface area contributed by atoms with Crippen LogP contribution in [0.3, 0.4) is 0 Å². The van der Waals surface area contributed by atoms with Gasteiger partial charge in [0, 0.05) is 43.3 Å². The number of nitrogens with zero attached hydrogens (tertiary/aromatic N) is 1. The largest absolute Gasteiger partial charge is 0.462 e. The summed E-state index contributed by atoms with van der Waals surface area (Å²) < 4.78 is 6.63. The number of carbonyl (C=O) groups is 2. The highest BCUT2D eigenvalue weighted by Gasteiger charge is 2.30. The lowest BCUT2D eigenvalue weighted by atomic mass is 9.99. The number of fused-ring (bicyclic) bond motifs is 1. The highest BCUT2D eigenvalue weighted by molar-refractivity contribution is 6.19. The van der Waals surface area contributed by atoms with Crippen LogP contribution in [0.25, 0.3) is 5.57 Å². The number of allylic oxidation sites excluding steroid dienone is 1. The van der Waals surface area contributed by atoms with Crippen molar-refractivity contribution < 1.29 is 14.3 Å². The van der Waals surface area contributed by atoms with Crippen LogP contribution < -0.4 is 10.9 Å². The number of esters is 1. The van der Waals surface area contributed by atoms with Crippen LogP contribution in [0.2, 0.25) is 0 Å². The van der Waals surface area contributed by atoms with E-state index in [1.165, 1.54) is 11.5 Å². The highest BCUT2D eigenvalue weighted by Crippen LogP contribution is 2.34. The molecule has 1 aromatic heterocycles. The van der Waals surface area contributed by atoms with Gasteiger partial charge in [-0.15, -0.1) is 0 Å². The van der Waals surface area contributed by atoms with Crippen molar-refractivity contribution in [2.24, 2.45) is 7.05 Å². The van der Waals surface area contributed by atoms with Gasteiger partial charge in [-0.2, -0.15) is 0 Å². The summed E-state index contributed by atoms with van der Waals surface area (Å²) in [7, 11) is 1.66. The summed E-state index contributed by atoms with van der Waals surface area (Å²) in [6, 6.07) is 0. The van der Waals surface area contributed by atoms with Crippen LogP contribution in [0.1, 0.15) is 51.3 Å². The molecule has 1 heterocycles. The molecule has 1 aromatic rings. The number of ether oxygens (including phenoxy) is 1. The lowest BCUT2D eigenvalue weighted by molar-refractivity contribution is -0.136. The minimum Gasteiger partial charge on any atom is -0.462 e. The number of hydrogen-bond donors (Lipinski definition) is 1. The Morgan fingerprint density at radius 2 is 2.04 bits per heavy atom. The summed E-state index contributed by atoms with van der Waals surface area (Å²) >= 11 is 0. The minimum atomic E-state index is -0.741. The average Bonchev–Trinajstić information content (AvgIpc) is 2.86. The Bertz CT molecular complexity index is 924. The predicted octanol–water partition coefficient (Wildman–Crippen LogP) is 1.54. The number of amides is 1. The first kappa shape index (κ1) is 19.5. The van der Waals surface area contributed by atoms with Crippen molar-refractivity contribution >= 4 is 17.4 Å². The predicted molar refractivity (Wildman–Crippen MR) is 99.4 cm³/mol. The number of pyridine rings is 1. The summed E-state index contributed by atoms with van der Waals surface area (Å²) in [6.07, 6.45) is 2.02. The molecule has 6 nitrogen and oxygen atoms in total. The third kappa shape index (κ3) is 3.88. The number of carbonyl (C=O) groups excluding carboxylic acids is 2. The van der Waals surface area contributed by atoms with Crippen LogP contribution in [0.4, 0.5) is 0 Å². The lowest BCUT2D eigenvalue weighted by Crippen LogP contribution is -2.40. The number of aromatic nitrogens is 1. The van der Waals surface area contributed by atoms with Crippen LogP contribution in [0.15, 0.2) is 16.6 Å². The highest BCUT2D eigenvalue weighted by atomic mass is 16.5. The molecule has 26 heavy (non-hydrogen) atoms. The van der Waals surface area contributed by atoms with E-state index in [1.807, 2.05) is 6.92 Å². The molecule has 138 valence electrons. The van der Waals surface area contributed by atoms with Gasteiger partial charge in [-0.1, -0.05) is 17.4 Å². The minimum absolute atomic E-state index is 0.148. The Morgan fingerprint density at radius 3 is 2.62 bits per heavy atom. The summed E-state index contributed by atoms with van der Waals surface area (Å²) in [4.78, 5) is 36.2. The zero-order valence-corrected chi connectivity index (χ0v) is 16.1. The summed E-state index contributed by atoms with van der Waals surface area (Å²) in [5, 5.41) is 2.76. The first-order chi connectivity index (χ1) is 12.1. The second-order valence-corrected chi connectivity index (χ2v) is 6.92. The van der Waals surface area contributed by atoms with Gasteiger partial charge < -0.3 is 14.6 Å². The van der Waals surface area contributed by atoms with E-state index in [-0.39, 0.29) is 18.1 Å². The molecule has 0 atom stereocenters. The fourth-order valence-electron chi connectivity index (χ4n) is 3.08. The second-order valence-electron chi connectivity index (χ2n) is 6.92. The van der Waals surface area contributed by atoms with Crippen molar-refractivity contribution in [2.75, 3.05) is 6.61 Å². The molecular weight excluding hydrogens is 332 g/mol. The van der Waals surface area contributed by atoms with Crippen LogP contribution in [-0.4, -0.2) is 28.6 Å². The first-order valence-electron chi connectivity index (χ1n) is 8.49. The van der Waals surface area contributed by atoms with Crippen molar-refractivity contribution in [2.45, 2.75) is 46.6 Å². The van der Waals surface area contributed by atoms with E-state index in [0.717, 1.165) is 5.57 Å². The Morgan fingerprint density at radius 1 is 1.38 bits per heavy atom. The van der Waals surface area contributed by atoms with Gasteiger partial charge in [0.05, 0.1) is 17.7 Å². The van der Waals surface area contributed by atoms with E-state index in [0.29, 0.717) is 28.7 Å². The maximum Gasteiger partial charge on any atom is 0.338 e. The van der Waals surface area contributed by atoms with Crippen LogP contribution in [0.5, 0.6) is 0 Å². The standard InChI is InChI=1S/C20H24N2O4/c1-7-26-19(25)16-12(2)10-15-17(16)14(11-22(6)18(15)24)8-9-20(4,5)21-13(3)23/h11H,7,10H2,1-6H3,(H,21,23). The van der Waals surface area contributed by atoms with E-state index in [2.05, 4.69) is 17.2 Å². The number of hydrogen-bond acceptors (Lipinski definition) is 4. The van der Waals surface area contributed by atoms with E-state index < -0.39 is 11.5 Å². The molecule has 0 aromatic carbocycles. The maximum atomic E-state index is 12.5.